The third-order valence-electron chi connectivity index (χ3n) is 3.88. The third kappa shape index (κ3) is 3.46. The van der Waals surface area contributed by atoms with E-state index in [0.717, 1.165) is 5.52 Å². The van der Waals surface area contributed by atoms with Gasteiger partial charge in [0.15, 0.2) is 20.1 Å². The van der Waals surface area contributed by atoms with Gasteiger partial charge in [-0.1, -0.05) is 0 Å². The number of hydrogen-bond acceptors (Lipinski definition) is 5. The predicted octanol–water partition coefficient (Wildman–Crippen LogP) is 1.56. The Hall–Kier alpha value is -1.32. The van der Waals surface area contributed by atoms with Gasteiger partial charge in [-0.25, -0.2) is 8.42 Å². The van der Waals surface area contributed by atoms with E-state index in [0.29, 0.717) is 35.5 Å². The van der Waals surface area contributed by atoms with E-state index in [1.54, 1.807) is 19.2 Å². The number of nitrogens with zero attached hydrogens (tertiary/aromatic N) is 1. The van der Waals surface area contributed by atoms with Crippen LogP contribution in [0.4, 0.5) is 0 Å². The van der Waals surface area contributed by atoms with Gasteiger partial charge in [-0.2, -0.15) is 0 Å². The summed E-state index contributed by atoms with van der Waals surface area (Å²) in [6, 6.07) is 3.12. The van der Waals surface area contributed by atoms with Crippen LogP contribution in [0.1, 0.15) is 16.9 Å². The van der Waals surface area contributed by atoms with Crippen molar-refractivity contribution in [1.29, 1.82) is 0 Å². The molecule has 9 heteroatoms. The molecule has 2 aromatic heterocycles. The molecule has 1 amide bonds. The number of fused-ring (bicyclic) bond motifs is 1. The molecule has 0 bridgehead atoms. The van der Waals surface area contributed by atoms with Gasteiger partial charge in [-0.3, -0.25) is 4.79 Å². The first-order chi connectivity index (χ1) is 10.9. The summed E-state index contributed by atoms with van der Waals surface area (Å²) in [5.41, 5.74) is 1.82. The van der Waals surface area contributed by atoms with Gasteiger partial charge in [0, 0.05) is 31.8 Å². The standard InChI is InChI=1S/C14H17BrN2O5S/c1-21-4-3-17-10-7-13(15)22-12(10)6-11(17)14(18)16-9-2-5-23(19,20)8-9/h6-7,9H,2-5,8H2,1H3,(H,16,18). The highest BCUT2D eigenvalue weighted by Crippen LogP contribution is 2.27. The van der Waals surface area contributed by atoms with Crippen molar-refractivity contribution in [2.75, 3.05) is 25.2 Å². The topological polar surface area (TPSA) is 90.5 Å². The fraction of sp³-hybridized carbons (Fsp3) is 0.500. The van der Waals surface area contributed by atoms with Gasteiger partial charge in [0.25, 0.3) is 5.91 Å². The molecular formula is C14H17BrN2O5S. The summed E-state index contributed by atoms with van der Waals surface area (Å²) in [5, 5.41) is 2.80. The lowest BCUT2D eigenvalue weighted by Gasteiger charge is -2.13. The Balaban J connectivity index is 1.85. The van der Waals surface area contributed by atoms with Crippen molar-refractivity contribution in [3.63, 3.8) is 0 Å². The maximum Gasteiger partial charge on any atom is 0.268 e. The summed E-state index contributed by atoms with van der Waals surface area (Å²) in [6.45, 7) is 0.947. The highest BCUT2D eigenvalue weighted by Gasteiger charge is 2.30. The number of carbonyl (C=O) groups is 1. The van der Waals surface area contributed by atoms with Gasteiger partial charge in [0.2, 0.25) is 0 Å². The molecule has 1 saturated heterocycles. The first kappa shape index (κ1) is 16.5. The zero-order valence-corrected chi connectivity index (χ0v) is 14.9. The molecule has 0 aliphatic carbocycles. The monoisotopic (exact) mass is 404 g/mol. The lowest BCUT2D eigenvalue weighted by Crippen LogP contribution is -2.36. The lowest BCUT2D eigenvalue weighted by molar-refractivity contribution is 0.0929. The molecule has 0 aromatic carbocycles. The number of amides is 1. The van der Waals surface area contributed by atoms with Gasteiger partial charge in [0.1, 0.15) is 5.69 Å². The molecule has 23 heavy (non-hydrogen) atoms. The molecular weight excluding hydrogens is 388 g/mol. The van der Waals surface area contributed by atoms with Crippen LogP contribution in [0.15, 0.2) is 21.2 Å². The summed E-state index contributed by atoms with van der Waals surface area (Å²) in [6.07, 6.45) is 0.453. The molecule has 3 rings (SSSR count). The first-order valence-electron chi connectivity index (χ1n) is 7.18. The fourth-order valence-electron chi connectivity index (χ4n) is 2.79. The summed E-state index contributed by atoms with van der Waals surface area (Å²) in [4.78, 5) is 12.5. The number of ether oxygens (including phenoxy) is 1. The van der Waals surface area contributed by atoms with Gasteiger partial charge < -0.3 is 19.0 Å². The zero-order chi connectivity index (χ0) is 16.6. The molecule has 1 N–H and O–H groups in total. The van der Waals surface area contributed by atoms with E-state index in [9.17, 15) is 13.2 Å². The van der Waals surface area contributed by atoms with Crippen molar-refractivity contribution < 1.29 is 22.4 Å². The lowest BCUT2D eigenvalue weighted by atomic mass is 10.2. The van der Waals surface area contributed by atoms with Crippen LogP contribution in [0.2, 0.25) is 0 Å². The number of halogens is 1. The molecule has 1 aliphatic heterocycles. The maximum absolute atomic E-state index is 12.5. The Morgan fingerprint density at radius 1 is 1.52 bits per heavy atom. The number of nitrogens with one attached hydrogen (secondary N) is 1. The minimum Gasteiger partial charge on any atom is -0.448 e. The minimum absolute atomic E-state index is 0.000809. The molecule has 0 saturated carbocycles. The van der Waals surface area contributed by atoms with Crippen LogP contribution in [0.25, 0.3) is 11.1 Å². The maximum atomic E-state index is 12.5. The van der Waals surface area contributed by atoms with Crippen LogP contribution in [0.3, 0.4) is 0 Å². The van der Waals surface area contributed by atoms with E-state index in [2.05, 4.69) is 21.2 Å². The van der Waals surface area contributed by atoms with Crippen LogP contribution in [-0.4, -0.2) is 50.2 Å². The van der Waals surface area contributed by atoms with Crippen LogP contribution in [0, 0.1) is 0 Å². The Labute approximate surface area is 142 Å². The van der Waals surface area contributed by atoms with Crippen LogP contribution in [0.5, 0.6) is 0 Å². The third-order valence-corrected chi connectivity index (χ3v) is 6.04. The second kappa shape index (κ2) is 6.29. The van der Waals surface area contributed by atoms with E-state index < -0.39 is 9.84 Å². The Bertz CT molecular complexity index is 839. The Morgan fingerprint density at radius 3 is 2.96 bits per heavy atom. The average Bonchev–Trinajstić information content (AvgIpc) is 3.09. The predicted molar refractivity (Wildman–Crippen MR) is 88.3 cm³/mol. The number of rotatable bonds is 5. The van der Waals surface area contributed by atoms with Crippen LogP contribution in [-0.2, 0) is 21.1 Å². The number of hydrogen-bond donors (Lipinski definition) is 1. The largest absolute Gasteiger partial charge is 0.448 e. The number of furan rings is 1. The molecule has 1 aliphatic rings. The van der Waals surface area contributed by atoms with E-state index >= 15 is 0 Å². The summed E-state index contributed by atoms with van der Waals surface area (Å²) in [7, 11) is -1.44. The van der Waals surface area contributed by atoms with E-state index in [4.69, 9.17) is 9.15 Å². The second-order valence-corrected chi connectivity index (χ2v) is 8.56. The van der Waals surface area contributed by atoms with Crippen LogP contribution < -0.4 is 5.32 Å². The van der Waals surface area contributed by atoms with Crippen molar-refractivity contribution in [1.82, 2.24) is 9.88 Å². The molecule has 1 fully saturated rings. The normalized spacial score (nSPS) is 20.2. The van der Waals surface area contributed by atoms with Gasteiger partial charge in [0.05, 0.1) is 23.6 Å². The molecule has 0 spiro atoms. The summed E-state index contributed by atoms with van der Waals surface area (Å²) < 4.78 is 36.0. The molecule has 126 valence electrons. The van der Waals surface area contributed by atoms with Crippen molar-refractivity contribution in [3.05, 3.63) is 22.5 Å². The highest BCUT2D eigenvalue weighted by molar-refractivity contribution is 9.10. The van der Waals surface area contributed by atoms with Crippen molar-refractivity contribution in [2.45, 2.75) is 19.0 Å². The molecule has 3 heterocycles. The van der Waals surface area contributed by atoms with Gasteiger partial charge >= 0.3 is 0 Å². The number of carbonyl (C=O) groups excluding carboxylic acids is 1. The molecule has 1 atom stereocenters. The first-order valence-corrected chi connectivity index (χ1v) is 9.80. The Kier molecular flexibility index (Phi) is 4.52. The number of methoxy groups -OCH3 is 1. The van der Waals surface area contributed by atoms with E-state index in [1.807, 2.05) is 4.57 Å². The van der Waals surface area contributed by atoms with Crippen molar-refractivity contribution >= 4 is 42.8 Å². The SMILES string of the molecule is COCCn1c(C(=O)NC2CCS(=O)(=O)C2)cc2oc(Br)cc21. The summed E-state index contributed by atoms with van der Waals surface area (Å²) >= 11 is 3.27. The minimum atomic E-state index is -3.03. The molecule has 1 unspecified atom stereocenters. The van der Waals surface area contributed by atoms with E-state index in [-0.39, 0.29) is 23.5 Å². The summed E-state index contributed by atoms with van der Waals surface area (Å²) in [5.74, 6) is -0.178. The highest BCUT2D eigenvalue weighted by atomic mass is 79.9. The molecule has 0 radical (unpaired) electrons. The van der Waals surface area contributed by atoms with E-state index in [1.165, 1.54) is 0 Å². The van der Waals surface area contributed by atoms with Crippen molar-refractivity contribution in [3.8, 4) is 0 Å². The molecule has 7 nitrogen and oxygen atoms in total. The zero-order valence-electron chi connectivity index (χ0n) is 12.5. The number of aromatic nitrogens is 1. The second-order valence-electron chi connectivity index (χ2n) is 5.55. The Morgan fingerprint density at radius 2 is 2.30 bits per heavy atom. The van der Waals surface area contributed by atoms with Crippen molar-refractivity contribution in [2.24, 2.45) is 0 Å². The van der Waals surface area contributed by atoms with Gasteiger partial charge in [-0.15, -0.1) is 0 Å². The smallest absolute Gasteiger partial charge is 0.268 e. The average molecular weight is 405 g/mol. The quantitative estimate of drug-likeness (QED) is 0.816. The van der Waals surface area contributed by atoms with Crippen LogP contribution >= 0.6 is 15.9 Å². The molecule has 2 aromatic rings. The van der Waals surface area contributed by atoms with Gasteiger partial charge in [-0.05, 0) is 22.4 Å². The fourth-order valence-corrected chi connectivity index (χ4v) is 4.86. The number of sulfone groups is 1.